The van der Waals surface area contributed by atoms with Gasteiger partial charge in [0.05, 0.1) is 13.2 Å². The first kappa shape index (κ1) is 18.4. The normalized spacial score (nSPS) is 13.2. The van der Waals surface area contributed by atoms with Crippen LogP contribution in [0.5, 0.6) is 0 Å². The number of alkyl halides is 3. The summed E-state index contributed by atoms with van der Waals surface area (Å²) >= 11 is 0. The Kier molecular flexibility index (Phi) is 7.34. The van der Waals surface area contributed by atoms with Crippen molar-refractivity contribution in [2.24, 2.45) is 0 Å². The number of rotatable bonds is 8. The Hall–Kier alpha value is -1.60. The Balaban J connectivity index is 2.24. The van der Waals surface area contributed by atoms with Crippen molar-refractivity contribution in [3.05, 3.63) is 35.9 Å². The molecule has 0 heterocycles. The molecule has 1 N–H and O–H groups in total. The maximum Gasteiger partial charge on any atom is 0.411 e. The van der Waals surface area contributed by atoms with E-state index in [2.05, 4.69) is 10.1 Å². The molecule has 124 valence electrons. The number of halogens is 3. The molecule has 7 heteroatoms. The molecule has 0 radical (unpaired) electrons. The highest BCUT2D eigenvalue weighted by Crippen LogP contribution is 2.14. The van der Waals surface area contributed by atoms with Gasteiger partial charge < -0.3 is 10.1 Å². The zero-order chi connectivity index (χ0) is 16.6. The third-order valence-electron chi connectivity index (χ3n) is 2.75. The quantitative estimate of drug-likeness (QED) is 0.799. The second-order valence-electron chi connectivity index (χ2n) is 5.26. The maximum atomic E-state index is 11.9. The van der Waals surface area contributed by atoms with Crippen molar-refractivity contribution in [2.75, 3.05) is 26.8 Å². The fourth-order valence-corrected chi connectivity index (χ4v) is 1.91. The van der Waals surface area contributed by atoms with Crippen molar-refractivity contribution in [3.63, 3.8) is 0 Å². The van der Waals surface area contributed by atoms with E-state index in [-0.39, 0.29) is 19.1 Å². The van der Waals surface area contributed by atoms with Gasteiger partial charge in [-0.25, -0.2) is 0 Å². The minimum absolute atomic E-state index is 0.165. The molecule has 0 fully saturated rings. The van der Waals surface area contributed by atoms with Crippen molar-refractivity contribution >= 4 is 5.91 Å². The average Bonchev–Trinajstić information content (AvgIpc) is 2.37. The van der Waals surface area contributed by atoms with Gasteiger partial charge in [-0.2, -0.15) is 13.2 Å². The molecule has 0 aliphatic carbocycles. The number of nitrogens with one attached hydrogen (secondary N) is 1. The number of carbonyl (C=O) groups is 1. The van der Waals surface area contributed by atoms with Gasteiger partial charge in [0.2, 0.25) is 5.91 Å². The first-order valence-corrected chi connectivity index (χ1v) is 6.92. The van der Waals surface area contributed by atoms with E-state index >= 15 is 0 Å². The summed E-state index contributed by atoms with van der Waals surface area (Å²) in [7, 11) is 1.80. The Morgan fingerprint density at radius 1 is 1.32 bits per heavy atom. The summed E-state index contributed by atoms with van der Waals surface area (Å²) in [5, 5.41) is 2.61. The average molecular weight is 318 g/mol. The fraction of sp³-hybridized carbons (Fsp3) is 0.533. The van der Waals surface area contributed by atoms with E-state index in [4.69, 9.17) is 0 Å². The van der Waals surface area contributed by atoms with Crippen molar-refractivity contribution in [3.8, 4) is 0 Å². The van der Waals surface area contributed by atoms with E-state index in [0.29, 0.717) is 6.54 Å². The number of ether oxygens (including phenoxy) is 1. The first-order valence-electron chi connectivity index (χ1n) is 6.92. The van der Waals surface area contributed by atoms with Crippen LogP contribution in [0.3, 0.4) is 0 Å². The monoisotopic (exact) mass is 318 g/mol. The lowest BCUT2D eigenvalue weighted by atomic mass is 10.2. The van der Waals surface area contributed by atoms with E-state index in [0.717, 1.165) is 5.56 Å². The molecule has 1 aromatic carbocycles. The van der Waals surface area contributed by atoms with E-state index in [1.807, 2.05) is 35.2 Å². The van der Waals surface area contributed by atoms with E-state index in [9.17, 15) is 18.0 Å². The Morgan fingerprint density at radius 3 is 2.55 bits per heavy atom. The van der Waals surface area contributed by atoms with Crippen LogP contribution in [0.4, 0.5) is 13.2 Å². The molecule has 1 aromatic rings. The molecular formula is C15H21F3N2O2. The summed E-state index contributed by atoms with van der Waals surface area (Å²) in [6.45, 7) is 0.909. The number of hydrogen-bond acceptors (Lipinski definition) is 3. The van der Waals surface area contributed by atoms with Crippen LogP contribution < -0.4 is 5.32 Å². The number of carbonyl (C=O) groups excluding carboxylic acids is 1. The molecule has 0 bridgehead atoms. The smallest absolute Gasteiger partial charge is 0.370 e. The molecule has 0 unspecified atom stereocenters. The van der Waals surface area contributed by atoms with Crippen LogP contribution in [0.25, 0.3) is 0 Å². The van der Waals surface area contributed by atoms with Crippen LogP contribution in [-0.2, 0) is 16.1 Å². The van der Waals surface area contributed by atoms with Gasteiger partial charge in [0, 0.05) is 12.6 Å². The lowest BCUT2D eigenvalue weighted by molar-refractivity contribution is -0.175. The molecular weight excluding hydrogens is 297 g/mol. The SMILES string of the molecule is C[C@H](COCC(F)(F)F)NC(=O)CN(C)Cc1ccccc1. The zero-order valence-corrected chi connectivity index (χ0v) is 12.7. The number of likely N-dealkylation sites (N-methyl/N-ethyl adjacent to an activating group) is 1. The topological polar surface area (TPSA) is 41.6 Å². The van der Waals surface area contributed by atoms with Gasteiger partial charge in [-0.1, -0.05) is 30.3 Å². The number of nitrogens with zero attached hydrogens (tertiary/aromatic N) is 1. The lowest BCUT2D eigenvalue weighted by Gasteiger charge is -2.19. The molecule has 0 saturated heterocycles. The van der Waals surface area contributed by atoms with Gasteiger partial charge in [0.15, 0.2) is 0 Å². The minimum Gasteiger partial charge on any atom is -0.370 e. The van der Waals surface area contributed by atoms with Crippen LogP contribution in [-0.4, -0.2) is 49.8 Å². The number of benzene rings is 1. The van der Waals surface area contributed by atoms with Crippen molar-refractivity contribution in [2.45, 2.75) is 25.7 Å². The Labute approximate surface area is 128 Å². The van der Waals surface area contributed by atoms with Gasteiger partial charge >= 0.3 is 6.18 Å². The third kappa shape index (κ3) is 8.63. The molecule has 1 atom stereocenters. The standard InChI is InChI=1S/C15H21F3N2O2/c1-12(10-22-11-15(16,17)18)19-14(21)9-20(2)8-13-6-4-3-5-7-13/h3-7,12H,8-11H2,1-2H3,(H,19,21)/t12-/m1/s1. The molecule has 0 saturated carbocycles. The molecule has 4 nitrogen and oxygen atoms in total. The summed E-state index contributed by atoms with van der Waals surface area (Å²) in [5.41, 5.74) is 1.08. The van der Waals surface area contributed by atoms with Gasteiger partial charge in [-0.15, -0.1) is 0 Å². The molecule has 1 amide bonds. The van der Waals surface area contributed by atoms with Crippen LogP contribution in [0.15, 0.2) is 30.3 Å². The van der Waals surface area contributed by atoms with Crippen LogP contribution in [0, 0.1) is 0 Å². The number of hydrogen-bond donors (Lipinski definition) is 1. The van der Waals surface area contributed by atoms with Crippen LogP contribution in [0.2, 0.25) is 0 Å². The molecule has 22 heavy (non-hydrogen) atoms. The molecule has 0 aliphatic heterocycles. The first-order chi connectivity index (χ1) is 10.3. The number of amides is 1. The Bertz CT molecular complexity index is 452. The summed E-state index contributed by atoms with van der Waals surface area (Å²) < 4.78 is 40.3. The lowest BCUT2D eigenvalue weighted by Crippen LogP contribution is -2.41. The minimum atomic E-state index is -4.35. The largest absolute Gasteiger partial charge is 0.411 e. The van der Waals surface area contributed by atoms with E-state index in [1.54, 1.807) is 14.0 Å². The van der Waals surface area contributed by atoms with Crippen molar-refractivity contribution in [1.29, 1.82) is 0 Å². The summed E-state index contributed by atoms with van der Waals surface area (Å²) in [4.78, 5) is 13.6. The third-order valence-corrected chi connectivity index (χ3v) is 2.75. The predicted octanol–water partition coefficient (Wildman–Crippen LogP) is 2.20. The highest BCUT2D eigenvalue weighted by atomic mass is 19.4. The predicted molar refractivity (Wildman–Crippen MR) is 77.3 cm³/mol. The molecule has 0 spiro atoms. The van der Waals surface area contributed by atoms with Crippen LogP contribution in [0.1, 0.15) is 12.5 Å². The molecule has 0 aliphatic rings. The summed E-state index contributed by atoms with van der Waals surface area (Å²) in [5.74, 6) is -0.249. The van der Waals surface area contributed by atoms with Gasteiger partial charge in [0.1, 0.15) is 6.61 Å². The molecule has 1 rings (SSSR count). The van der Waals surface area contributed by atoms with Crippen molar-refractivity contribution < 1.29 is 22.7 Å². The van der Waals surface area contributed by atoms with Crippen LogP contribution >= 0.6 is 0 Å². The fourth-order valence-electron chi connectivity index (χ4n) is 1.91. The van der Waals surface area contributed by atoms with Gasteiger partial charge in [-0.05, 0) is 19.5 Å². The second-order valence-corrected chi connectivity index (χ2v) is 5.26. The highest BCUT2D eigenvalue weighted by molar-refractivity contribution is 5.78. The van der Waals surface area contributed by atoms with Crippen molar-refractivity contribution in [1.82, 2.24) is 10.2 Å². The highest BCUT2D eigenvalue weighted by Gasteiger charge is 2.27. The summed E-state index contributed by atoms with van der Waals surface area (Å²) in [6, 6.07) is 9.20. The Morgan fingerprint density at radius 2 is 1.95 bits per heavy atom. The summed E-state index contributed by atoms with van der Waals surface area (Å²) in [6.07, 6.45) is -4.35. The maximum absolute atomic E-state index is 11.9. The molecule has 0 aromatic heterocycles. The van der Waals surface area contributed by atoms with Gasteiger partial charge in [0.25, 0.3) is 0 Å². The van der Waals surface area contributed by atoms with E-state index < -0.39 is 18.8 Å². The van der Waals surface area contributed by atoms with Gasteiger partial charge in [-0.3, -0.25) is 9.69 Å². The van der Waals surface area contributed by atoms with E-state index in [1.165, 1.54) is 0 Å². The zero-order valence-electron chi connectivity index (χ0n) is 12.7. The second kappa shape index (κ2) is 8.75.